The van der Waals surface area contributed by atoms with Gasteiger partial charge in [-0.3, -0.25) is 0 Å². The number of allylic oxidation sites excluding steroid dienone is 4. The first kappa shape index (κ1) is 16.2. The summed E-state index contributed by atoms with van der Waals surface area (Å²) >= 11 is 0. The van der Waals surface area contributed by atoms with Crippen LogP contribution in [0.4, 0.5) is 0 Å². The zero-order valence-corrected chi connectivity index (χ0v) is 16.5. The van der Waals surface area contributed by atoms with E-state index in [4.69, 9.17) is 4.74 Å². The van der Waals surface area contributed by atoms with Crippen molar-refractivity contribution in [3.8, 4) is 0 Å². The van der Waals surface area contributed by atoms with Crippen molar-refractivity contribution in [2.24, 2.45) is 5.41 Å². The van der Waals surface area contributed by atoms with Crippen LogP contribution in [-0.4, -0.2) is 10.7 Å². The number of rotatable bonds is 1. The molecule has 1 aliphatic heterocycles. The molecule has 0 amide bonds. The van der Waals surface area contributed by atoms with Crippen LogP contribution in [0.5, 0.6) is 0 Å². The van der Waals surface area contributed by atoms with Gasteiger partial charge in [-0.15, -0.1) is 0 Å². The zero-order chi connectivity index (χ0) is 18.9. The molecule has 2 nitrogen and oxygen atoms in total. The van der Waals surface area contributed by atoms with E-state index in [2.05, 4.69) is 79.1 Å². The van der Waals surface area contributed by atoms with E-state index in [1.807, 2.05) is 0 Å². The van der Waals surface area contributed by atoms with Gasteiger partial charge in [0.2, 0.25) is 0 Å². The lowest BCUT2D eigenvalue weighted by Gasteiger charge is -2.35. The Bertz CT molecular complexity index is 1170. The summed E-state index contributed by atoms with van der Waals surface area (Å²) in [5.41, 5.74) is 6.88. The van der Waals surface area contributed by atoms with E-state index in [9.17, 15) is 0 Å². The smallest absolute Gasteiger partial charge is 0.112 e. The Morgan fingerprint density at radius 3 is 2.32 bits per heavy atom. The average molecular weight is 367 g/mol. The number of ether oxygens (including phenoxy) is 1. The molecule has 3 aromatic rings. The summed E-state index contributed by atoms with van der Waals surface area (Å²) in [4.78, 5) is 0. The van der Waals surface area contributed by atoms with Gasteiger partial charge in [0.15, 0.2) is 0 Å². The van der Waals surface area contributed by atoms with Crippen LogP contribution in [0.25, 0.3) is 27.5 Å². The summed E-state index contributed by atoms with van der Waals surface area (Å²) in [5, 5.41) is 2.67. The SMILES string of the molecule is CC1=CC2=C(CC1)OC1CCC(n3c4ccccc4c4ccccc43)=C[C@@]21C. The highest BCUT2D eigenvalue weighted by atomic mass is 16.5. The summed E-state index contributed by atoms with van der Waals surface area (Å²) in [7, 11) is 0. The highest BCUT2D eigenvalue weighted by Crippen LogP contribution is 2.53. The number of nitrogens with zero attached hydrogens (tertiary/aromatic N) is 1. The van der Waals surface area contributed by atoms with Gasteiger partial charge in [0.1, 0.15) is 11.9 Å². The zero-order valence-electron chi connectivity index (χ0n) is 16.5. The molecule has 0 fully saturated rings. The summed E-state index contributed by atoms with van der Waals surface area (Å²) in [5.74, 6) is 1.23. The van der Waals surface area contributed by atoms with E-state index in [0.29, 0.717) is 0 Å². The van der Waals surface area contributed by atoms with E-state index in [1.165, 1.54) is 44.4 Å². The van der Waals surface area contributed by atoms with E-state index >= 15 is 0 Å². The van der Waals surface area contributed by atoms with Crippen molar-refractivity contribution >= 4 is 27.5 Å². The number of para-hydroxylation sites is 2. The Morgan fingerprint density at radius 2 is 1.61 bits per heavy atom. The third kappa shape index (κ3) is 2.09. The predicted octanol–water partition coefficient (Wildman–Crippen LogP) is 6.83. The minimum absolute atomic E-state index is 0.0307. The Morgan fingerprint density at radius 1 is 0.929 bits per heavy atom. The quantitative estimate of drug-likeness (QED) is 0.460. The fourth-order valence-corrected chi connectivity index (χ4v) is 5.53. The minimum Gasteiger partial charge on any atom is -0.493 e. The maximum absolute atomic E-state index is 6.44. The lowest BCUT2D eigenvalue weighted by Crippen LogP contribution is -2.32. The number of fused-ring (bicyclic) bond motifs is 5. The highest BCUT2D eigenvalue weighted by Gasteiger charge is 2.47. The van der Waals surface area contributed by atoms with Crippen LogP contribution in [0.15, 0.2) is 77.6 Å². The number of benzene rings is 2. The van der Waals surface area contributed by atoms with Crippen molar-refractivity contribution in [1.29, 1.82) is 0 Å². The second-order valence-electron chi connectivity index (χ2n) is 8.76. The monoisotopic (exact) mass is 367 g/mol. The molecule has 140 valence electrons. The topological polar surface area (TPSA) is 14.2 Å². The molecule has 0 radical (unpaired) electrons. The van der Waals surface area contributed by atoms with Gasteiger partial charge < -0.3 is 9.30 Å². The maximum Gasteiger partial charge on any atom is 0.112 e. The first-order valence-corrected chi connectivity index (χ1v) is 10.4. The van der Waals surface area contributed by atoms with Gasteiger partial charge in [-0.1, -0.05) is 54.1 Å². The normalized spacial score (nSPS) is 26.7. The number of aromatic nitrogens is 1. The van der Waals surface area contributed by atoms with Crippen LogP contribution in [0.3, 0.4) is 0 Å². The fourth-order valence-electron chi connectivity index (χ4n) is 5.53. The van der Waals surface area contributed by atoms with Crippen LogP contribution in [0.1, 0.15) is 39.5 Å². The van der Waals surface area contributed by atoms with Gasteiger partial charge in [0, 0.05) is 28.5 Å². The van der Waals surface area contributed by atoms with E-state index in [1.54, 1.807) is 0 Å². The first-order valence-electron chi connectivity index (χ1n) is 10.4. The van der Waals surface area contributed by atoms with Crippen LogP contribution in [0.2, 0.25) is 0 Å². The molecular weight excluding hydrogens is 342 g/mol. The van der Waals surface area contributed by atoms with Crippen LogP contribution in [0, 0.1) is 5.41 Å². The summed E-state index contributed by atoms with van der Waals surface area (Å²) < 4.78 is 8.93. The highest BCUT2D eigenvalue weighted by molar-refractivity contribution is 6.10. The molecule has 0 saturated heterocycles. The molecule has 0 N–H and O–H groups in total. The molecule has 0 spiro atoms. The van der Waals surface area contributed by atoms with Crippen molar-refractivity contribution in [3.05, 3.63) is 77.6 Å². The lowest BCUT2D eigenvalue weighted by molar-refractivity contribution is 0.0750. The van der Waals surface area contributed by atoms with Crippen molar-refractivity contribution in [2.75, 3.05) is 0 Å². The number of hydrogen-bond acceptors (Lipinski definition) is 1. The molecule has 3 aliphatic rings. The van der Waals surface area contributed by atoms with E-state index in [-0.39, 0.29) is 11.5 Å². The predicted molar refractivity (Wildman–Crippen MR) is 116 cm³/mol. The van der Waals surface area contributed by atoms with Gasteiger partial charge in [0.25, 0.3) is 0 Å². The largest absolute Gasteiger partial charge is 0.493 e. The van der Waals surface area contributed by atoms with E-state index < -0.39 is 0 Å². The Hall–Kier alpha value is -2.74. The summed E-state index contributed by atoms with van der Waals surface area (Å²) in [6.07, 6.45) is 9.49. The molecule has 2 heteroatoms. The minimum atomic E-state index is -0.0307. The van der Waals surface area contributed by atoms with Crippen LogP contribution >= 0.6 is 0 Å². The van der Waals surface area contributed by atoms with Crippen molar-refractivity contribution < 1.29 is 4.74 Å². The standard InChI is InChI=1S/C26H25NO/c1-17-11-13-24-21(15-17)26(2)16-18(12-14-25(26)28-24)27-22-9-5-3-7-19(22)20-8-4-6-10-23(20)27/h3-10,15-16,25H,11-14H2,1-2H3/t25?,26-/m0/s1. The maximum atomic E-state index is 6.44. The van der Waals surface area contributed by atoms with Crippen LogP contribution in [-0.2, 0) is 4.74 Å². The summed E-state index contributed by atoms with van der Waals surface area (Å²) in [6.45, 7) is 4.63. The van der Waals surface area contributed by atoms with Gasteiger partial charge >= 0.3 is 0 Å². The van der Waals surface area contributed by atoms with Gasteiger partial charge in [0.05, 0.1) is 16.4 Å². The number of hydrogen-bond donors (Lipinski definition) is 0. The molecule has 6 rings (SSSR count). The Balaban J connectivity index is 1.59. The second kappa shape index (κ2) is 5.64. The third-order valence-electron chi connectivity index (χ3n) is 6.97. The Labute approximate surface area is 165 Å². The Kier molecular flexibility index (Phi) is 3.27. The molecule has 2 heterocycles. The molecule has 0 saturated carbocycles. The fraction of sp³-hybridized carbons (Fsp3) is 0.308. The van der Waals surface area contributed by atoms with Gasteiger partial charge in [-0.05, 0) is 45.2 Å². The average Bonchev–Trinajstić information content (AvgIpc) is 3.20. The first-order chi connectivity index (χ1) is 13.6. The summed E-state index contributed by atoms with van der Waals surface area (Å²) in [6, 6.07) is 17.6. The molecule has 2 aromatic carbocycles. The van der Waals surface area contributed by atoms with Crippen molar-refractivity contribution in [2.45, 2.75) is 45.6 Å². The molecule has 28 heavy (non-hydrogen) atoms. The molecule has 0 bridgehead atoms. The molecular formula is C26H25NO. The molecule has 1 unspecified atom stereocenters. The van der Waals surface area contributed by atoms with Gasteiger partial charge in [-0.25, -0.2) is 0 Å². The molecule has 2 aliphatic carbocycles. The molecule has 2 atom stereocenters. The lowest BCUT2D eigenvalue weighted by atomic mass is 9.71. The second-order valence-corrected chi connectivity index (χ2v) is 8.76. The van der Waals surface area contributed by atoms with Crippen molar-refractivity contribution in [1.82, 2.24) is 4.57 Å². The van der Waals surface area contributed by atoms with E-state index in [0.717, 1.165) is 25.7 Å². The van der Waals surface area contributed by atoms with Crippen molar-refractivity contribution in [3.63, 3.8) is 0 Å². The van der Waals surface area contributed by atoms with Gasteiger partial charge in [-0.2, -0.15) is 0 Å². The molecule has 1 aromatic heterocycles. The third-order valence-corrected chi connectivity index (χ3v) is 6.97. The van der Waals surface area contributed by atoms with Crippen LogP contribution < -0.4 is 0 Å².